The third kappa shape index (κ3) is 3.58. The van der Waals surface area contributed by atoms with Gasteiger partial charge in [0.1, 0.15) is 6.54 Å². The summed E-state index contributed by atoms with van der Waals surface area (Å²) in [5.74, 6) is -0.136. The molecular formula is C18H23N3O3. The largest absolute Gasteiger partial charge is 0.465 e. The Hall–Kier alpha value is -2.37. The molecule has 1 aromatic rings. The van der Waals surface area contributed by atoms with Crippen LogP contribution in [0.2, 0.25) is 0 Å². The van der Waals surface area contributed by atoms with Crippen molar-refractivity contribution in [3.05, 3.63) is 29.8 Å². The summed E-state index contributed by atoms with van der Waals surface area (Å²) >= 11 is 0. The number of hydrazone groups is 1. The van der Waals surface area contributed by atoms with Crippen LogP contribution in [0.5, 0.6) is 0 Å². The second-order valence-corrected chi connectivity index (χ2v) is 6.16. The van der Waals surface area contributed by atoms with Gasteiger partial charge in [0, 0.05) is 11.5 Å². The summed E-state index contributed by atoms with van der Waals surface area (Å²) < 4.78 is 4.96. The van der Waals surface area contributed by atoms with Crippen molar-refractivity contribution in [3.8, 4) is 0 Å². The van der Waals surface area contributed by atoms with Gasteiger partial charge >= 0.3 is 12.0 Å². The number of rotatable bonds is 4. The van der Waals surface area contributed by atoms with Gasteiger partial charge in [-0.3, -0.25) is 4.79 Å². The van der Waals surface area contributed by atoms with Gasteiger partial charge in [-0.25, -0.2) is 9.80 Å². The molecule has 0 radical (unpaired) electrons. The van der Waals surface area contributed by atoms with E-state index in [1.807, 2.05) is 24.3 Å². The average Bonchev–Trinajstić information content (AvgIpc) is 2.73. The minimum atomic E-state index is -0.453. The fraction of sp³-hybridized carbons (Fsp3) is 0.500. The SMILES string of the molecule is CCOC(=O)CN1N=C(C2CCCCC2)c2ccccc2NC1=O. The molecule has 0 atom stereocenters. The molecule has 24 heavy (non-hydrogen) atoms. The van der Waals surface area contributed by atoms with Gasteiger partial charge in [-0.2, -0.15) is 5.10 Å². The van der Waals surface area contributed by atoms with Crippen molar-refractivity contribution in [3.63, 3.8) is 0 Å². The molecule has 6 nitrogen and oxygen atoms in total. The zero-order valence-corrected chi connectivity index (χ0v) is 14.0. The maximum Gasteiger partial charge on any atom is 0.342 e. The van der Waals surface area contributed by atoms with Gasteiger partial charge in [0.2, 0.25) is 0 Å². The van der Waals surface area contributed by atoms with Crippen LogP contribution in [0.1, 0.15) is 44.6 Å². The van der Waals surface area contributed by atoms with Crippen LogP contribution in [0.4, 0.5) is 10.5 Å². The maximum atomic E-state index is 12.4. The third-order valence-electron chi connectivity index (χ3n) is 4.48. The van der Waals surface area contributed by atoms with Crippen LogP contribution in [-0.4, -0.2) is 35.9 Å². The average molecular weight is 329 g/mol. The predicted molar refractivity (Wildman–Crippen MR) is 91.9 cm³/mol. The number of anilines is 1. The number of ether oxygens (including phenoxy) is 1. The predicted octanol–water partition coefficient (Wildman–Crippen LogP) is 3.38. The monoisotopic (exact) mass is 329 g/mol. The molecule has 6 heteroatoms. The van der Waals surface area contributed by atoms with Crippen molar-refractivity contribution >= 4 is 23.4 Å². The molecule has 2 aliphatic rings. The number of urea groups is 1. The van der Waals surface area contributed by atoms with Gasteiger partial charge in [-0.05, 0) is 25.8 Å². The molecule has 0 aromatic heterocycles. The van der Waals surface area contributed by atoms with Crippen molar-refractivity contribution in [2.75, 3.05) is 18.5 Å². The molecule has 0 spiro atoms. The first-order chi connectivity index (χ1) is 11.7. The molecule has 1 aromatic carbocycles. The zero-order valence-electron chi connectivity index (χ0n) is 14.0. The summed E-state index contributed by atoms with van der Waals surface area (Å²) in [6.45, 7) is 1.85. The Labute approximate surface area is 141 Å². The summed E-state index contributed by atoms with van der Waals surface area (Å²) in [6, 6.07) is 7.29. The number of carbonyl (C=O) groups excluding carboxylic acids is 2. The lowest BCUT2D eigenvalue weighted by atomic mass is 9.83. The number of nitrogens with zero attached hydrogens (tertiary/aromatic N) is 2. The van der Waals surface area contributed by atoms with Gasteiger partial charge in [-0.15, -0.1) is 0 Å². The minimum absolute atomic E-state index is 0.177. The van der Waals surface area contributed by atoms with E-state index in [2.05, 4.69) is 10.4 Å². The summed E-state index contributed by atoms with van der Waals surface area (Å²) in [7, 11) is 0. The van der Waals surface area contributed by atoms with Gasteiger partial charge in [-0.1, -0.05) is 37.5 Å². The van der Waals surface area contributed by atoms with Crippen LogP contribution in [0.25, 0.3) is 0 Å². The van der Waals surface area contributed by atoms with Crippen LogP contribution < -0.4 is 5.32 Å². The molecule has 0 unspecified atom stereocenters. The van der Waals surface area contributed by atoms with Crippen LogP contribution in [0, 0.1) is 5.92 Å². The van der Waals surface area contributed by atoms with E-state index >= 15 is 0 Å². The van der Waals surface area contributed by atoms with Gasteiger partial charge in [0.15, 0.2) is 0 Å². The fourth-order valence-electron chi connectivity index (χ4n) is 3.34. The molecule has 1 aliphatic heterocycles. The van der Waals surface area contributed by atoms with E-state index in [1.54, 1.807) is 6.92 Å². The first-order valence-electron chi connectivity index (χ1n) is 8.61. The van der Waals surface area contributed by atoms with E-state index < -0.39 is 12.0 Å². The van der Waals surface area contributed by atoms with Crippen molar-refractivity contribution in [1.82, 2.24) is 5.01 Å². The highest BCUT2D eigenvalue weighted by Gasteiger charge is 2.29. The second kappa shape index (κ2) is 7.47. The van der Waals surface area contributed by atoms with Crippen LogP contribution in [0.15, 0.2) is 29.4 Å². The quantitative estimate of drug-likeness (QED) is 0.861. The Bertz CT molecular complexity index is 651. The number of hydrogen-bond donors (Lipinski definition) is 1. The Morgan fingerprint density at radius 3 is 2.79 bits per heavy atom. The molecule has 1 fully saturated rings. The highest BCUT2D eigenvalue weighted by atomic mass is 16.5. The van der Waals surface area contributed by atoms with Gasteiger partial charge < -0.3 is 10.1 Å². The van der Waals surface area contributed by atoms with E-state index in [-0.39, 0.29) is 13.2 Å². The molecule has 2 amide bonds. The molecule has 1 heterocycles. The summed E-state index contributed by atoms with van der Waals surface area (Å²) in [5.41, 5.74) is 2.59. The first-order valence-corrected chi connectivity index (χ1v) is 8.61. The maximum absolute atomic E-state index is 12.4. The van der Waals surface area contributed by atoms with Gasteiger partial charge in [0.05, 0.1) is 18.0 Å². The molecule has 0 saturated heterocycles. The van der Waals surface area contributed by atoms with Crippen molar-refractivity contribution in [2.45, 2.75) is 39.0 Å². The molecule has 3 rings (SSSR count). The van der Waals surface area contributed by atoms with Crippen LogP contribution in [-0.2, 0) is 9.53 Å². The lowest BCUT2D eigenvalue weighted by Crippen LogP contribution is -2.35. The lowest BCUT2D eigenvalue weighted by molar-refractivity contribution is -0.143. The minimum Gasteiger partial charge on any atom is -0.465 e. The lowest BCUT2D eigenvalue weighted by Gasteiger charge is -2.24. The molecular weight excluding hydrogens is 306 g/mol. The summed E-state index contributed by atoms with van der Waals surface area (Å²) in [6.07, 6.45) is 5.72. The Morgan fingerprint density at radius 2 is 2.04 bits per heavy atom. The van der Waals surface area contributed by atoms with E-state index in [0.29, 0.717) is 5.92 Å². The molecule has 1 N–H and O–H groups in total. The molecule has 128 valence electrons. The normalized spacial score (nSPS) is 18.3. The number of hydrogen-bond acceptors (Lipinski definition) is 4. The zero-order chi connectivity index (χ0) is 16.9. The van der Waals surface area contributed by atoms with E-state index in [4.69, 9.17) is 4.74 Å². The number of amides is 2. The fourth-order valence-corrected chi connectivity index (χ4v) is 3.34. The van der Waals surface area contributed by atoms with Crippen molar-refractivity contribution in [2.24, 2.45) is 11.0 Å². The summed E-state index contributed by atoms with van der Waals surface area (Å²) in [4.78, 5) is 24.3. The molecule has 0 bridgehead atoms. The van der Waals surface area contributed by atoms with Gasteiger partial charge in [0.25, 0.3) is 0 Å². The van der Waals surface area contributed by atoms with E-state index in [9.17, 15) is 9.59 Å². The highest BCUT2D eigenvalue weighted by molar-refractivity contribution is 6.11. The smallest absolute Gasteiger partial charge is 0.342 e. The number of para-hydroxylation sites is 1. The highest BCUT2D eigenvalue weighted by Crippen LogP contribution is 2.31. The second-order valence-electron chi connectivity index (χ2n) is 6.16. The number of nitrogens with one attached hydrogen (secondary N) is 1. The Balaban J connectivity index is 1.94. The van der Waals surface area contributed by atoms with E-state index in [0.717, 1.165) is 29.8 Å². The number of carbonyl (C=O) groups is 2. The first kappa shape index (κ1) is 16.5. The topological polar surface area (TPSA) is 71.0 Å². The molecule has 1 aliphatic carbocycles. The standard InChI is InChI=1S/C18H23N3O3/c1-2-24-16(22)12-21-18(23)19-15-11-7-6-10-14(15)17(20-21)13-8-4-3-5-9-13/h6-7,10-11,13H,2-5,8-9,12H2,1H3,(H,19,23). The van der Waals surface area contributed by atoms with Crippen LogP contribution in [0.3, 0.4) is 0 Å². The Kier molecular flexibility index (Phi) is 5.13. The summed E-state index contributed by atoms with van der Waals surface area (Å²) in [5, 5.41) is 8.63. The van der Waals surface area contributed by atoms with Crippen molar-refractivity contribution in [1.29, 1.82) is 0 Å². The van der Waals surface area contributed by atoms with Crippen LogP contribution >= 0.6 is 0 Å². The van der Waals surface area contributed by atoms with Crippen molar-refractivity contribution < 1.29 is 14.3 Å². The molecule has 1 saturated carbocycles. The number of esters is 1. The number of benzene rings is 1. The van der Waals surface area contributed by atoms with E-state index in [1.165, 1.54) is 24.3 Å². The Morgan fingerprint density at radius 1 is 1.29 bits per heavy atom. The third-order valence-corrected chi connectivity index (χ3v) is 4.48. The number of fused-ring (bicyclic) bond motifs is 1.